The molecular weight excluding hydrogens is 310 g/mol. The highest BCUT2D eigenvalue weighted by Gasteiger charge is 2.33. The van der Waals surface area contributed by atoms with Crippen molar-refractivity contribution in [3.63, 3.8) is 0 Å². The number of nitrogens with zero attached hydrogens (tertiary/aromatic N) is 2. The minimum Gasteiger partial charge on any atom is -0.444 e. The predicted octanol–water partition coefficient (Wildman–Crippen LogP) is 0.581. The van der Waals surface area contributed by atoms with Gasteiger partial charge in [0, 0.05) is 26.2 Å². The van der Waals surface area contributed by atoms with Gasteiger partial charge in [-0.2, -0.15) is 0 Å². The SMILES string of the molecule is CC(C)(C)OC(=O)N1CC(C#CC(=O)N2CCCC(C(N)=O)C2)C1. The Kier molecular flexibility index (Phi) is 5.37. The quantitative estimate of drug-likeness (QED) is 0.710. The molecular formula is C17H25N3O4. The maximum atomic E-state index is 12.1. The molecule has 0 aromatic rings. The topological polar surface area (TPSA) is 92.9 Å². The van der Waals surface area contributed by atoms with Crippen molar-refractivity contribution in [2.75, 3.05) is 26.2 Å². The van der Waals surface area contributed by atoms with Crippen molar-refractivity contribution in [3.05, 3.63) is 0 Å². The van der Waals surface area contributed by atoms with Crippen LogP contribution in [0.15, 0.2) is 0 Å². The van der Waals surface area contributed by atoms with E-state index in [0.29, 0.717) is 26.2 Å². The first-order valence-corrected chi connectivity index (χ1v) is 8.23. The summed E-state index contributed by atoms with van der Waals surface area (Å²) in [5.41, 5.74) is 4.79. The molecule has 0 spiro atoms. The van der Waals surface area contributed by atoms with E-state index in [2.05, 4.69) is 11.8 Å². The smallest absolute Gasteiger partial charge is 0.410 e. The van der Waals surface area contributed by atoms with E-state index in [9.17, 15) is 14.4 Å². The molecule has 2 aliphatic rings. The first-order chi connectivity index (χ1) is 11.2. The van der Waals surface area contributed by atoms with Crippen LogP contribution in [0.2, 0.25) is 0 Å². The molecule has 0 bridgehead atoms. The van der Waals surface area contributed by atoms with Crippen molar-refractivity contribution >= 4 is 17.9 Å². The van der Waals surface area contributed by atoms with Crippen LogP contribution in [0, 0.1) is 23.7 Å². The minimum atomic E-state index is -0.519. The number of piperidine rings is 1. The van der Waals surface area contributed by atoms with E-state index in [1.54, 1.807) is 9.80 Å². The van der Waals surface area contributed by atoms with Crippen LogP contribution in [-0.2, 0) is 14.3 Å². The monoisotopic (exact) mass is 335 g/mol. The second-order valence-corrected chi connectivity index (χ2v) is 7.34. The van der Waals surface area contributed by atoms with Crippen molar-refractivity contribution in [3.8, 4) is 11.8 Å². The zero-order valence-electron chi connectivity index (χ0n) is 14.5. The zero-order valence-corrected chi connectivity index (χ0v) is 14.5. The van der Waals surface area contributed by atoms with Crippen LogP contribution in [0.3, 0.4) is 0 Å². The zero-order chi connectivity index (χ0) is 17.9. The fourth-order valence-electron chi connectivity index (χ4n) is 2.68. The summed E-state index contributed by atoms with van der Waals surface area (Å²) in [6.07, 6.45) is 1.13. The lowest BCUT2D eigenvalue weighted by Crippen LogP contribution is -2.51. The van der Waals surface area contributed by atoms with Gasteiger partial charge in [0.2, 0.25) is 5.91 Å². The summed E-state index contributed by atoms with van der Waals surface area (Å²) in [6, 6.07) is 0. The Morgan fingerprint density at radius 3 is 2.38 bits per heavy atom. The average Bonchev–Trinajstić information content (AvgIpc) is 2.43. The molecule has 0 aliphatic carbocycles. The molecule has 0 radical (unpaired) electrons. The highest BCUT2D eigenvalue weighted by atomic mass is 16.6. The predicted molar refractivity (Wildman–Crippen MR) is 87.6 cm³/mol. The van der Waals surface area contributed by atoms with Gasteiger partial charge < -0.3 is 20.3 Å². The van der Waals surface area contributed by atoms with Crippen LogP contribution < -0.4 is 5.73 Å². The van der Waals surface area contributed by atoms with Gasteiger partial charge in [-0.05, 0) is 39.5 Å². The molecule has 2 rings (SSSR count). The maximum Gasteiger partial charge on any atom is 0.410 e. The van der Waals surface area contributed by atoms with Crippen molar-refractivity contribution in [1.82, 2.24) is 9.80 Å². The molecule has 132 valence electrons. The van der Waals surface area contributed by atoms with Crippen LogP contribution in [-0.4, -0.2) is 59.5 Å². The lowest BCUT2D eigenvalue weighted by atomic mass is 9.97. The number of carbonyl (C=O) groups is 3. The number of carbonyl (C=O) groups excluding carboxylic acids is 3. The van der Waals surface area contributed by atoms with E-state index >= 15 is 0 Å². The molecule has 2 heterocycles. The third-order valence-electron chi connectivity index (χ3n) is 4.03. The Balaban J connectivity index is 1.79. The Morgan fingerprint density at radius 1 is 1.12 bits per heavy atom. The highest BCUT2D eigenvalue weighted by Crippen LogP contribution is 2.19. The molecule has 0 aromatic heterocycles. The maximum absolute atomic E-state index is 12.1. The lowest BCUT2D eigenvalue weighted by Gasteiger charge is -2.37. The molecule has 0 saturated carbocycles. The number of amides is 3. The van der Waals surface area contributed by atoms with Gasteiger partial charge in [0.25, 0.3) is 5.91 Å². The van der Waals surface area contributed by atoms with Crippen molar-refractivity contribution < 1.29 is 19.1 Å². The number of likely N-dealkylation sites (tertiary alicyclic amines) is 2. The van der Waals surface area contributed by atoms with E-state index in [0.717, 1.165) is 12.8 Å². The molecule has 7 heteroatoms. The molecule has 0 aromatic carbocycles. The summed E-state index contributed by atoms with van der Waals surface area (Å²) >= 11 is 0. The standard InChI is InChI=1S/C17H25N3O4/c1-17(2,3)24-16(23)20-9-12(10-20)6-7-14(21)19-8-4-5-13(11-19)15(18)22/h12-13H,4-5,8-11H2,1-3H3,(H2,18,22). The third kappa shape index (κ3) is 4.88. The van der Waals surface area contributed by atoms with Gasteiger partial charge in [-0.25, -0.2) is 4.79 Å². The van der Waals surface area contributed by atoms with Gasteiger partial charge in [-0.15, -0.1) is 0 Å². The van der Waals surface area contributed by atoms with Crippen LogP contribution in [0.25, 0.3) is 0 Å². The molecule has 1 atom stereocenters. The van der Waals surface area contributed by atoms with Gasteiger partial charge >= 0.3 is 6.09 Å². The average molecular weight is 335 g/mol. The van der Waals surface area contributed by atoms with E-state index < -0.39 is 5.60 Å². The number of ether oxygens (including phenoxy) is 1. The largest absolute Gasteiger partial charge is 0.444 e. The summed E-state index contributed by atoms with van der Waals surface area (Å²) in [5.74, 6) is 4.58. The first kappa shape index (κ1) is 18.1. The van der Waals surface area contributed by atoms with Gasteiger partial charge in [0.15, 0.2) is 0 Å². The molecule has 2 saturated heterocycles. The fourth-order valence-corrected chi connectivity index (χ4v) is 2.68. The summed E-state index contributed by atoms with van der Waals surface area (Å²) < 4.78 is 5.26. The van der Waals surface area contributed by atoms with E-state index in [-0.39, 0.29) is 29.7 Å². The van der Waals surface area contributed by atoms with Crippen molar-refractivity contribution in [2.24, 2.45) is 17.6 Å². The van der Waals surface area contributed by atoms with Gasteiger partial charge in [-0.3, -0.25) is 9.59 Å². The molecule has 2 aliphatic heterocycles. The Hall–Kier alpha value is -2.23. The molecule has 2 fully saturated rings. The number of primary amides is 1. The van der Waals surface area contributed by atoms with Gasteiger partial charge in [0.05, 0.1) is 11.8 Å². The number of nitrogens with two attached hydrogens (primary N) is 1. The normalized spacial score (nSPS) is 21.4. The highest BCUT2D eigenvalue weighted by molar-refractivity contribution is 5.94. The number of hydrogen-bond donors (Lipinski definition) is 1. The van der Waals surface area contributed by atoms with Crippen LogP contribution in [0.1, 0.15) is 33.6 Å². The van der Waals surface area contributed by atoms with Crippen LogP contribution in [0.4, 0.5) is 4.79 Å². The van der Waals surface area contributed by atoms with Crippen LogP contribution in [0.5, 0.6) is 0 Å². The molecule has 24 heavy (non-hydrogen) atoms. The summed E-state index contributed by atoms with van der Waals surface area (Å²) in [5, 5.41) is 0. The molecule has 7 nitrogen and oxygen atoms in total. The van der Waals surface area contributed by atoms with E-state index in [1.807, 2.05) is 20.8 Å². The third-order valence-corrected chi connectivity index (χ3v) is 4.03. The second kappa shape index (κ2) is 7.12. The number of rotatable bonds is 1. The Morgan fingerprint density at radius 2 is 1.79 bits per heavy atom. The van der Waals surface area contributed by atoms with Gasteiger partial charge in [0.1, 0.15) is 5.60 Å². The van der Waals surface area contributed by atoms with Gasteiger partial charge in [-0.1, -0.05) is 5.92 Å². The summed E-state index contributed by atoms with van der Waals surface area (Å²) in [4.78, 5) is 38.3. The second-order valence-electron chi connectivity index (χ2n) is 7.34. The number of hydrogen-bond acceptors (Lipinski definition) is 4. The Bertz CT molecular complexity index is 579. The summed E-state index contributed by atoms with van der Waals surface area (Å²) in [6.45, 7) is 7.34. The van der Waals surface area contributed by atoms with Crippen LogP contribution >= 0.6 is 0 Å². The molecule has 3 amide bonds. The fraction of sp³-hybridized carbons (Fsp3) is 0.706. The first-order valence-electron chi connectivity index (χ1n) is 8.23. The lowest BCUT2D eigenvalue weighted by molar-refractivity contribution is -0.130. The molecule has 1 unspecified atom stereocenters. The molecule has 2 N–H and O–H groups in total. The van der Waals surface area contributed by atoms with E-state index in [1.165, 1.54) is 0 Å². The minimum absolute atomic E-state index is 0.0156. The Labute approximate surface area is 142 Å². The van der Waals surface area contributed by atoms with Crippen molar-refractivity contribution in [2.45, 2.75) is 39.2 Å². The summed E-state index contributed by atoms with van der Waals surface area (Å²) in [7, 11) is 0. The van der Waals surface area contributed by atoms with E-state index in [4.69, 9.17) is 10.5 Å². The van der Waals surface area contributed by atoms with Crippen molar-refractivity contribution in [1.29, 1.82) is 0 Å².